The number of nitrogens with two attached hydrogens (primary N) is 1. The monoisotopic (exact) mass is 295 g/mol. The predicted octanol–water partition coefficient (Wildman–Crippen LogP) is 1.58. The molecule has 1 aromatic carbocycles. The van der Waals surface area contributed by atoms with E-state index in [9.17, 15) is 9.18 Å². The van der Waals surface area contributed by atoms with E-state index in [1.54, 1.807) is 0 Å². The predicted molar refractivity (Wildman–Crippen MR) is 80.4 cm³/mol. The molecule has 0 saturated heterocycles. The molecular formula is C15H22FN3O2. The number of carbonyl (C=O) groups is 1. The van der Waals surface area contributed by atoms with Gasteiger partial charge in [0, 0.05) is 12.6 Å². The fourth-order valence-corrected chi connectivity index (χ4v) is 2.80. The van der Waals surface area contributed by atoms with Gasteiger partial charge in [-0.3, -0.25) is 9.69 Å². The van der Waals surface area contributed by atoms with Gasteiger partial charge in [-0.25, -0.2) is 4.39 Å². The van der Waals surface area contributed by atoms with E-state index in [1.807, 2.05) is 4.90 Å². The zero-order chi connectivity index (χ0) is 15.2. The largest absolute Gasteiger partial charge is 0.397 e. The average Bonchev–Trinajstić information content (AvgIpc) is 2.96. The number of aliphatic hydroxyl groups excluding tert-OH is 1. The molecule has 1 fully saturated rings. The summed E-state index contributed by atoms with van der Waals surface area (Å²) in [5.74, 6) is -0.685. The first-order valence-electron chi connectivity index (χ1n) is 7.30. The Bertz CT molecular complexity index is 490. The van der Waals surface area contributed by atoms with Crippen molar-refractivity contribution in [2.45, 2.75) is 31.7 Å². The molecule has 4 N–H and O–H groups in total. The summed E-state index contributed by atoms with van der Waals surface area (Å²) in [5.41, 5.74) is 6.33. The Morgan fingerprint density at radius 1 is 1.43 bits per heavy atom. The van der Waals surface area contributed by atoms with Crippen LogP contribution >= 0.6 is 0 Å². The van der Waals surface area contributed by atoms with Crippen molar-refractivity contribution in [1.29, 1.82) is 0 Å². The standard InChI is InChI=1S/C15H22FN3O2/c16-11-5-6-13(17)14(9-11)18-15(21)10-19(7-8-20)12-3-1-2-4-12/h5-6,9,12,20H,1-4,7-8,10,17H2,(H,18,21). The number of nitrogens with one attached hydrogen (secondary N) is 1. The van der Waals surface area contributed by atoms with Gasteiger partial charge in [-0.2, -0.15) is 0 Å². The summed E-state index contributed by atoms with van der Waals surface area (Å²) in [6.07, 6.45) is 4.42. The highest BCUT2D eigenvalue weighted by atomic mass is 19.1. The van der Waals surface area contributed by atoms with Crippen LogP contribution in [0.3, 0.4) is 0 Å². The van der Waals surface area contributed by atoms with Gasteiger partial charge in [-0.1, -0.05) is 12.8 Å². The smallest absolute Gasteiger partial charge is 0.238 e. The van der Waals surface area contributed by atoms with E-state index in [0.717, 1.165) is 25.7 Å². The zero-order valence-corrected chi connectivity index (χ0v) is 12.0. The first kappa shape index (κ1) is 15.7. The molecule has 5 nitrogen and oxygen atoms in total. The van der Waals surface area contributed by atoms with Gasteiger partial charge >= 0.3 is 0 Å². The lowest BCUT2D eigenvalue weighted by molar-refractivity contribution is -0.118. The second kappa shape index (κ2) is 7.38. The summed E-state index contributed by atoms with van der Waals surface area (Å²) in [6, 6.07) is 4.22. The fourth-order valence-electron chi connectivity index (χ4n) is 2.80. The molecule has 0 aromatic heterocycles. The Labute approximate surface area is 123 Å². The Balaban J connectivity index is 1.96. The number of hydrogen-bond acceptors (Lipinski definition) is 4. The molecule has 0 heterocycles. The molecule has 1 saturated carbocycles. The van der Waals surface area contributed by atoms with Crippen molar-refractivity contribution in [1.82, 2.24) is 4.90 Å². The van der Waals surface area contributed by atoms with Crippen LogP contribution in [0.5, 0.6) is 0 Å². The van der Waals surface area contributed by atoms with E-state index in [4.69, 9.17) is 10.8 Å². The lowest BCUT2D eigenvalue weighted by Gasteiger charge is -2.27. The summed E-state index contributed by atoms with van der Waals surface area (Å²) < 4.78 is 13.2. The van der Waals surface area contributed by atoms with Gasteiger partial charge in [0.05, 0.1) is 24.5 Å². The third-order valence-corrected chi connectivity index (χ3v) is 3.86. The Kier molecular flexibility index (Phi) is 5.52. The second-order valence-electron chi connectivity index (χ2n) is 5.41. The van der Waals surface area contributed by atoms with Gasteiger partial charge in [-0.15, -0.1) is 0 Å². The lowest BCUT2D eigenvalue weighted by atomic mass is 10.2. The van der Waals surface area contributed by atoms with Crippen molar-refractivity contribution in [3.63, 3.8) is 0 Å². The molecule has 0 aliphatic heterocycles. The van der Waals surface area contributed by atoms with E-state index < -0.39 is 5.82 Å². The van der Waals surface area contributed by atoms with Crippen molar-refractivity contribution in [2.75, 3.05) is 30.7 Å². The highest BCUT2D eigenvalue weighted by Gasteiger charge is 2.24. The first-order chi connectivity index (χ1) is 10.1. The first-order valence-corrected chi connectivity index (χ1v) is 7.30. The van der Waals surface area contributed by atoms with E-state index in [1.165, 1.54) is 18.2 Å². The molecule has 0 atom stereocenters. The van der Waals surface area contributed by atoms with E-state index >= 15 is 0 Å². The van der Waals surface area contributed by atoms with Gasteiger partial charge < -0.3 is 16.2 Å². The van der Waals surface area contributed by atoms with Crippen LogP contribution in [0.4, 0.5) is 15.8 Å². The van der Waals surface area contributed by atoms with Crippen molar-refractivity contribution in [3.8, 4) is 0 Å². The topological polar surface area (TPSA) is 78.6 Å². The molecule has 21 heavy (non-hydrogen) atoms. The molecular weight excluding hydrogens is 273 g/mol. The molecule has 0 unspecified atom stereocenters. The van der Waals surface area contributed by atoms with E-state index in [-0.39, 0.29) is 24.7 Å². The molecule has 0 bridgehead atoms. The van der Waals surface area contributed by atoms with Gasteiger partial charge in [0.1, 0.15) is 5.82 Å². The number of hydrogen-bond donors (Lipinski definition) is 3. The minimum atomic E-state index is -0.442. The van der Waals surface area contributed by atoms with E-state index in [2.05, 4.69) is 5.32 Å². The number of halogens is 1. The van der Waals surface area contributed by atoms with Crippen molar-refractivity contribution >= 4 is 17.3 Å². The average molecular weight is 295 g/mol. The quantitative estimate of drug-likeness (QED) is 0.696. The molecule has 1 aromatic rings. The van der Waals surface area contributed by atoms with E-state index in [0.29, 0.717) is 18.3 Å². The van der Waals surface area contributed by atoms with Crippen LogP contribution in [0.1, 0.15) is 25.7 Å². The number of benzene rings is 1. The maximum absolute atomic E-state index is 13.2. The SMILES string of the molecule is Nc1ccc(F)cc1NC(=O)CN(CCO)C1CCCC1. The molecule has 2 rings (SSSR count). The minimum Gasteiger partial charge on any atom is -0.397 e. The van der Waals surface area contributed by atoms with Crippen LogP contribution in [-0.4, -0.2) is 41.7 Å². The Hall–Kier alpha value is -1.66. The van der Waals surface area contributed by atoms with Gasteiger partial charge in [0.15, 0.2) is 0 Å². The van der Waals surface area contributed by atoms with Crippen LogP contribution < -0.4 is 11.1 Å². The maximum Gasteiger partial charge on any atom is 0.238 e. The minimum absolute atomic E-state index is 0.0197. The summed E-state index contributed by atoms with van der Waals surface area (Å²) in [6.45, 7) is 0.670. The maximum atomic E-state index is 13.2. The molecule has 1 aliphatic carbocycles. The number of nitrogen functional groups attached to an aromatic ring is 1. The van der Waals surface area contributed by atoms with Crippen LogP contribution in [0, 0.1) is 5.82 Å². The number of nitrogens with zero attached hydrogens (tertiary/aromatic N) is 1. The number of anilines is 2. The number of aliphatic hydroxyl groups is 1. The summed E-state index contributed by atoms with van der Waals surface area (Å²) in [5, 5.41) is 11.8. The highest BCUT2D eigenvalue weighted by Crippen LogP contribution is 2.23. The molecule has 1 aliphatic rings. The third-order valence-electron chi connectivity index (χ3n) is 3.86. The van der Waals surface area contributed by atoms with Crippen molar-refractivity contribution < 1.29 is 14.3 Å². The fraction of sp³-hybridized carbons (Fsp3) is 0.533. The number of carbonyl (C=O) groups excluding carboxylic acids is 1. The lowest BCUT2D eigenvalue weighted by Crippen LogP contribution is -2.41. The van der Waals surface area contributed by atoms with Gasteiger partial charge in [0.2, 0.25) is 5.91 Å². The molecule has 6 heteroatoms. The number of rotatable bonds is 6. The molecule has 1 amide bonds. The summed E-state index contributed by atoms with van der Waals surface area (Å²) in [7, 11) is 0. The van der Waals surface area contributed by atoms with Crippen molar-refractivity contribution in [2.24, 2.45) is 0 Å². The van der Waals surface area contributed by atoms with Crippen LogP contribution in [0.2, 0.25) is 0 Å². The summed E-state index contributed by atoms with van der Waals surface area (Å²) >= 11 is 0. The van der Waals surface area contributed by atoms with Crippen LogP contribution in [0.15, 0.2) is 18.2 Å². The van der Waals surface area contributed by atoms with Gasteiger partial charge in [-0.05, 0) is 31.0 Å². The zero-order valence-electron chi connectivity index (χ0n) is 12.0. The van der Waals surface area contributed by atoms with Crippen LogP contribution in [0.25, 0.3) is 0 Å². The molecule has 116 valence electrons. The highest BCUT2D eigenvalue weighted by molar-refractivity contribution is 5.95. The molecule has 0 radical (unpaired) electrons. The molecule has 0 spiro atoms. The normalized spacial score (nSPS) is 15.6. The van der Waals surface area contributed by atoms with Crippen molar-refractivity contribution in [3.05, 3.63) is 24.0 Å². The summed E-state index contributed by atoms with van der Waals surface area (Å²) in [4.78, 5) is 14.1. The Morgan fingerprint density at radius 3 is 2.81 bits per heavy atom. The Morgan fingerprint density at radius 2 is 2.14 bits per heavy atom. The third kappa shape index (κ3) is 4.41. The van der Waals surface area contributed by atoms with Gasteiger partial charge in [0.25, 0.3) is 0 Å². The second-order valence-corrected chi connectivity index (χ2v) is 5.41. The number of amides is 1. The van der Waals surface area contributed by atoms with Crippen LogP contribution in [-0.2, 0) is 4.79 Å².